The summed E-state index contributed by atoms with van der Waals surface area (Å²) in [6.07, 6.45) is 8.19. The second kappa shape index (κ2) is 21.0. The summed E-state index contributed by atoms with van der Waals surface area (Å²) in [6, 6.07) is 23.1. The van der Waals surface area contributed by atoms with Crippen LogP contribution in [0.5, 0.6) is 0 Å². The summed E-state index contributed by atoms with van der Waals surface area (Å²) >= 11 is 12.0. The molecule has 4 fully saturated rings. The second-order valence-electron chi connectivity index (χ2n) is 15.7. The third kappa shape index (κ3) is 12.0. The molecular weight excluding hydrogens is 851 g/mol. The van der Waals surface area contributed by atoms with Crippen LogP contribution in [0, 0.1) is 23.1 Å². The number of amides is 2. The summed E-state index contributed by atoms with van der Waals surface area (Å²) in [5.74, 6) is -0.723. The Morgan fingerprint density at radius 1 is 0.714 bits per heavy atom. The number of carbonyl (C=O) groups excluding carboxylic acids is 2. The zero-order chi connectivity index (χ0) is 44.5. The van der Waals surface area contributed by atoms with Gasteiger partial charge in [0.05, 0.1) is 56.3 Å². The van der Waals surface area contributed by atoms with Crippen LogP contribution in [-0.2, 0) is 32.2 Å². The molecular formula is C46H47Cl2F2N9O4. The number of hydrogen-bond donors (Lipinski definition) is 3. The quantitative estimate of drug-likeness (QED) is 0.0467. The fraction of sp³-hybridized carbons (Fsp3) is 0.304. The van der Waals surface area contributed by atoms with Crippen molar-refractivity contribution in [2.24, 2.45) is 10.7 Å². The molecule has 0 saturated carbocycles. The number of morpholine rings is 2. The lowest BCUT2D eigenvalue weighted by Gasteiger charge is -2.49. The van der Waals surface area contributed by atoms with E-state index in [1.165, 1.54) is 30.3 Å². The molecule has 5 N–H and O–H groups in total. The molecule has 0 spiro atoms. The summed E-state index contributed by atoms with van der Waals surface area (Å²) in [6.45, 7) is 6.14. The van der Waals surface area contributed by atoms with Crippen LogP contribution >= 0.6 is 23.2 Å². The van der Waals surface area contributed by atoms with Crippen LogP contribution in [0.1, 0.15) is 22.3 Å². The number of guanidine groups is 1. The predicted molar refractivity (Wildman–Crippen MR) is 239 cm³/mol. The average molecular weight is 899 g/mol. The van der Waals surface area contributed by atoms with Crippen LogP contribution in [0.15, 0.2) is 102 Å². The van der Waals surface area contributed by atoms with Gasteiger partial charge in [-0.1, -0.05) is 59.6 Å². The molecule has 4 saturated heterocycles. The molecule has 0 aromatic heterocycles. The Hall–Kier alpha value is -5.86. The van der Waals surface area contributed by atoms with Gasteiger partial charge in [0, 0.05) is 72.7 Å². The minimum Gasteiger partial charge on any atom is -0.398 e. The molecule has 8 rings (SSSR count). The number of nitrogens with zero attached hydrogens (tertiary/aromatic N) is 6. The highest BCUT2D eigenvalue weighted by Gasteiger charge is 2.41. The molecule has 0 radical (unpaired) electrons. The van der Waals surface area contributed by atoms with E-state index in [-0.39, 0.29) is 53.6 Å². The summed E-state index contributed by atoms with van der Waals surface area (Å²) < 4.78 is 37.8. The van der Waals surface area contributed by atoms with Gasteiger partial charge in [-0.15, -0.1) is 0 Å². The van der Waals surface area contributed by atoms with Gasteiger partial charge in [-0.3, -0.25) is 24.7 Å². The van der Waals surface area contributed by atoms with Gasteiger partial charge in [-0.2, -0.15) is 5.26 Å². The molecule has 4 heterocycles. The van der Waals surface area contributed by atoms with Crippen LogP contribution in [0.4, 0.5) is 20.2 Å². The lowest BCUT2D eigenvalue weighted by molar-refractivity contribution is -0.150. The fourth-order valence-corrected chi connectivity index (χ4v) is 8.68. The Balaban J connectivity index is 0.000000191. The largest absolute Gasteiger partial charge is 0.398 e. The van der Waals surface area contributed by atoms with E-state index in [1.54, 1.807) is 85.1 Å². The van der Waals surface area contributed by atoms with Gasteiger partial charge in [0.25, 0.3) is 0 Å². The maximum absolute atomic E-state index is 13.2. The molecule has 4 aliphatic heterocycles. The van der Waals surface area contributed by atoms with Crippen LogP contribution in [-0.4, -0.2) is 114 Å². The van der Waals surface area contributed by atoms with Gasteiger partial charge in [-0.05, 0) is 77.4 Å². The number of nitrogen functional groups attached to an aromatic ring is 1. The zero-order valence-corrected chi connectivity index (χ0v) is 35.8. The Morgan fingerprint density at radius 3 is 1.59 bits per heavy atom. The van der Waals surface area contributed by atoms with Crippen molar-refractivity contribution in [3.8, 4) is 6.19 Å². The molecule has 4 aromatic carbocycles. The standard InChI is InChI=1S/C24H24ClFN6O2.C22H23ClFN3O2/c25-18-5-3-17(22(9-18)30-24(28)29-15-27)4-8-23(33)32-20-11-31(12-21(32)14-34-13-20)10-16-1-6-19(26)7-2-16;23-17-5-3-16(21(25)9-17)4-8-22(28)27-19-11-26(12-20(27)14-29-13-19)10-15-1-6-18(24)7-2-15/h1-9,20-21H,10-14H2,(H3,28,29,30);1-9,19-20H,10-14,25H2/b2*8-4+. The number of fused-ring (bicyclic) bond motifs is 4. The first-order valence-electron chi connectivity index (χ1n) is 20.4. The normalized spacial score (nSPS) is 21.5. The van der Waals surface area contributed by atoms with Crippen LogP contribution in [0.2, 0.25) is 10.0 Å². The SMILES string of the molecule is N#CNC(N)=Nc1cc(Cl)ccc1/C=C/C(=O)N1C2COCC1CN(Cc1ccc(F)cc1)C2.Nc1cc(Cl)ccc1/C=C/C(=O)N1C2COCC1CN(Cc1ccc(F)cc1)C2. The van der Waals surface area contributed by atoms with Crippen molar-refractivity contribution >= 4 is 64.5 Å². The molecule has 328 valence electrons. The molecule has 4 atom stereocenters. The first-order valence-corrected chi connectivity index (χ1v) is 21.1. The Bertz CT molecular complexity index is 2370. The highest BCUT2D eigenvalue weighted by molar-refractivity contribution is 6.31. The number of nitrogens with two attached hydrogens (primary N) is 2. The Morgan fingerprint density at radius 2 is 1.14 bits per heavy atom. The molecule has 13 nitrogen and oxygen atoms in total. The number of carbonyl (C=O) groups is 2. The number of rotatable bonds is 9. The smallest absolute Gasteiger partial charge is 0.247 e. The van der Waals surface area contributed by atoms with Crippen molar-refractivity contribution in [2.45, 2.75) is 37.3 Å². The van der Waals surface area contributed by atoms with Gasteiger partial charge < -0.3 is 30.7 Å². The van der Waals surface area contributed by atoms with Crippen molar-refractivity contribution in [2.75, 3.05) is 58.3 Å². The van der Waals surface area contributed by atoms with E-state index in [1.807, 2.05) is 9.80 Å². The Labute approximate surface area is 374 Å². The van der Waals surface area contributed by atoms with E-state index in [0.29, 0.717) is 73.0 Å². The molecule has 2 amide bonds. The summed E-state index contributed by atoms with van der Waals surface area (Å²) in [4.78, 5) is 38.6. The number of hydrogen-bond acceptors (Lipinski definition) is 9. The molecule has 4 bridgehead atoms. The van der Waals surface area contributed by atoms with Gasteiger partial charge in [0.2, 0.25) is 17.8 Å². The van der Waals surface area contributed by atoms with Crippen molar-refractivity contribution in [3.63, 3.8) is 0 Å². The highest BCUT2D eigenvalue weighted by Crippen LogP contribution is 2.28. The van der Waals surface area contributed by atoms with E-state index in [9.17, 15) is 18.4 Å². The Kier molecular flexibility index (Phi) is 15.1. The van der Waals surface area contributed by atoms with Crippen LogP contribution < -0.4 is 16.8 Å². The number of anilines is 1. The van der Waals surface area contributed by atoms with Gasteiger partial charge in [0.1, 0.15) is 11.6 Å². The molecule has 63 heavy (non-hydrogen) atoms. The average Bonchev–Trinajstić information content (AvgIpc) is 3.24. The van der Waals surface area contributed by atoms with Gasteiger partial charge >= 0.3 is 0 Å². The topological polar surface area (TPSA) is 166 Å². The number of nitriles is 1. The van der Waals surface area contributed by atoms with Crippen LogP contribution in [0.25, 0.3) is 12.2 Å². The van der Waals surface area contributed by atoms with Crippen LogP contribution in [0.3, 0.4) is 0 Å². The number of piperazine rings is 2. The maximum Gasteiger partial charge on any atom is 0.247 e. The van der Waals surface area contributed by atoms with Crippen molar-refractivity contribution in [1.29, 1.82) is 5.26 Å². The first-order chi connectivity index (χ1) is 30.4. The predicted octanol–water partition coefficient (Wildman–Crippen LogP) is 5.81. The number of ether oxygens (including phenoxy) is 2. The third-order valence-corrected chi connectivity index (χ3v) is 11.6. The van der Waals surface area contributed by atoms with E-state index in [4.69, 9.17) is 49.4 Å². The number of benzene rings is 4. The van der Waals surface area contributed by atoms with E-state index in [2.05, 4.69) is 20.1 Å². The molecule has 17 heteroatoms. The van der Waals surface area contributed by atoms with E-state index in [0.717, 1.165) is 36.3 Å². The van der Waals surface area contributed by atoms with E-state index < -0.39 is 0 Å². The third-order valence-electron chi connectivity index (χ3n) is 11.1. The fourth-order valence-electron chi connectivity index (χ4n) is 8.34. The van der Waals surface area contributed by atoms with Crippen molar-refractivity contribution < 1.29 is 27.8 Å². The highest BCUT2D eigenvalue weighted by atomic mass is 35.5. The zero-order valence-electron chi connectivity index (χ0n) is 34.3. The molecule has 0 aliphatic carbocycles. The summed E-state index contributed by atoms with van der Waals surface area (Å²) in [5.41, 5.74) is 16.1. The van der Waals surface area contributed by atoms with Crippen molar-refractivity contribution in [1.82, 2.24) is 24.9 Å². The first kappa shape index (κ1) is 45.2. The summed E-state index contributed by atoms with van der Waals surface area (Å²) in [7, 11) is 0. The molecule has 4 aliphatic rings. The molecule has 4 unspecified atom stereocenters. The maximum atomic E-state index is 13.2. The number of nitrogens with one attached hydrogen (secondary N) is 1. The lowest BCUT2D eigenvalue weighted by atomic mass is 10.0. The number of halogens is 4. The monoisotopic (exact) mass is 897 g/mol. The molecule has 4 aromatic rings. The lowest BCUT2D eigenvalue weighted by Crippen LogP contribution is -2.65. The van der Waals surface area contributed by atoms with Crippen molar-refractivity contribution in [3.05, 3.63) is 141 Å². The van der Waals surface area contributed by atoms with Gasteiger partial charge in [0.15, 0.2) is 6.19 Å². The minimum atomic E-state index is -0.255. The second-order valence-corrected chi connectivity index (χ2v) is 16.6. The van der Waals surface area contributed by atoms with E-state index >= 15 is 0 Å². The number of aliphatic imine (C=N–C) groups is 1. The summed E-state index contributed by atoms with van der Waals surface area (Å²) in [5, 5.41) is 12.0. The van der Waals surface area contributed by atoms with Gasteiger partial charge in [-0.25, -0.2) is 13.8 Å². The minimum absolute atomic E-state index is 0.0114.